The lowest BCUT2D eigenvalue weighted by atomic mass is 10.0. The van der Waals surface area contributed by atoms with Crippen LogP contribution in [0, 0.1) is 0 Å². The average Bonchev–Trinajstić information content (AvgIpc) is 2.15. The molecule has 0 radical (unpaired) electrons. The number of carboxylic acids is 1. The number of carbonyl (C=O) groups is 2. The van der Waals surface area contributed by atoms with Gasteiger partial charge in [0.05, 0.1) is 19.4 Å². The first kappa shape index (κ1) is 16.8. The third-order valence-electron chi connectivity index (χ3n) is 2.25. The standard InChI is InChI=1S/C9H18N2O6S/c1-9(6-17-3,8(13)14)10-7(12)5-11(2)18(4,15)16/h5-6H2,1-4H3,(H,10,12)(H,13,14). The van der Waals surface area contributed by atoms with Gasteiger partial charge in [-0.3, -0.25) is 4.79 Å². The van der Waals surface area contributed by atoms with Crippen LogP contribution in [0.25, 0.3) is 0 Å². The molecule has 1 atom stereocenters. The summed E-state index contributed by atoms with van der Waals surface area (Å²) in [6.07, 6.45) is 0.950. The first-order chi connectivity index (χ1) is 8.03. The summed E-state index contributed by atoms with van der Waals surface area (Å²) >= 11 is 0. The minimum absolute atomic E-state index is 0.226. The molecule has 18 heavy (non-hydrogen) atoms. The number of carbonyl (C=O) groups excluding carboxylic acids is 1. The first-order valence-electron chi connectivity index (χ1n) is 4.97. The molecule has 0 spiro atoms. The Balaban J connectivity index is 4.69. The van der Waals surface area contributed by atoms with E-state index in [-0.39, 0.29) is 6.61 Å². The van der Waals surface area contributed by atoms with Crippen molar-refractivity contribution in [3.8, 4) is 0 Å². The molecule has 0 saturated heterocycles. The Morgan fingerprint density at radius 1 is 1.44 bits per heavy atom. The Morgan fingerprint density at radius 3 is 2.28 bits per heavy atom. The minimum atomic E-state index is -3.49. The SMILES string of the molecule is COCC(C)(NC(=O)CN(C)S(C)(=O)=O)C(=O)O. The highest BCUT2D eigenvalue weighted by atomic mass is 32.2. The van der Waals surface area contributed by atoms with Crippen LogP contribution < -0.4 is 5.32 Å². The van der Waals surface area contributed by atoms with Gasteiger partial charge in [-0.2, -0.15) is 4.31 Å². The van der Waals surface area contributed by atoms with Gasteiger partial charge in [-0.1, -0.05) is 0 Å². The second-order valence-corrected chi connectivity index (χ2v) is 6.23. The van der Waals surface area contributed by atoms with Crippen molar-refractivity contribution in [3.63, 3.8) is 0 Å². The Hall–Kier alpha value is -1.19. The summed E-state index contributed by atoms with van der Waals surface area (Å²) in [5, 5.41) is 11.2. The molecule has 0 aromatic heterocycles. The van der Waals surface area contributed by atoms with Gasteiger partial charge in [0.1, 0.15) is 0 Å². The number of likely N-dealkylation sites (N-methyl/N-ethyl adjacent to an activating group) is 1. The van der Waals surface area contributed by atoms with Crippen LogP contribution in [0.2, 0.25) is 0 Å². The molecule has 0 rings (SSSR count). The van der Waals surface area contributed by atoms with Crippen LogP contribution in [0.1, 0.15) is 6.92 Å². The third-order valence-corrected chi connectivity index (χ3v) is 3.51. The number of sulfonamides is 1. The quantitative estimate of drug-likeness (QED) is 0.586. The van der Waals surface area contributed by atoms with E-state index in [4.69, 9.17) is 9.84 Å². The fraction of sp³-hybridized carbons (Fsp3) is 0.778. The normalized spacial score (nSPS) is 15.2. The summed E-state index contributed by atoms with van der Waals surface area (Å²) in [7, 11) is -0.965. The highest BCUT2D eigenvalue weighted by Gasteiger charge is 2.35. The van der Waals surface area contributed by atoms with Crippen LogP contribution in [0.5, 0.6) is 0 Å². The van der Waals surface area contributed by atoms with Crippen LogP contribution in [0.4, 0.5) is 0 Å². The molecule has 106 valence electrons. The molecule has 0 saturated carbocycles. The van der Waals surface area contributed by atoms with Crippen molar-refractivity contribution in [1.29, 1.82) is 0 Å². The Bertz CT molecular complexity index is 421. The zero-order chi connectivity index (χ0) is 14.6. The van der Waals surface area contributed by atoms with Gasteiger partial charge >= 0.3 is 5.97 Å². The van der Waals surface area contributed by atoms with E-state index in [1.807, 2.05) is 0 Å². The summed E-state index contributed by atoms with van der Waals surface area (Å²) in [5.41, 5.74) is -1.59. The van der Waals surface area contributed by atoms with E-state index in [1.54, 1.807) is 0 Å². The summed E-state index contributed by atoms with van der Waals surface area (Å²) in [5.74, 6) is -1.98. The van der Waals surface area contributed by atoms with Crippen LogP contribution in [-0.4, -0.2) is 68.8 Å². The third kappa shape index (κ3) is 4.98. The van der Waals surface area contributed by atoms with Gasteiger partial charge in [-0.25, -0.2) is 13.2 Å². The van der Waals surface area contributed by atoms with Gasteiger partial charge in [-0.15, -0.1) is 0 Å². The Labute approximate surface area is 106 Å². The lowest BCUT2D eigenvalue weighted by molar-refractivity contribution is -0.149. The fourth-order valence-corrected chi connectivity index (χ4v) is 1.46. The Kier molecular flexibility index (Phi) is 5.71. The number of nitrogens with zero attached hydrogens (tertiary/aromatic N) is 1. The van der Waals surface area contributed by atoms with Crippen LogP contribution in [-0.2, 0) is 24.3 Å². The highest BCUT2D eigenvalue weighted by Crippen LogP contribution is 2.05. The summed E-state index contributed by atoms with van der Waals surface area (Å²) in [6.45, 7) is 0.596. The fourth-order valence-electron chi connectivity index (χ4n) is 1.11. The zero-order valence-electron chi connectivity index (χ0n) is 10.8. The molecule has 8 nitrogen and oxygen atoms in total. The van der Waals surface area contributed by atoms with Crippen molar-refractivity contribution >= 4 is 21.9 Å². The number of nitrogens with one attached hydrogen (secondary N) is 1. The number of ether oxygens (including phenoxy) is 1. The molecule has 1 unspecified atom stereocenters. The smallest absolute Gasteiger partial charge is 0.331 e. The van der Waals surface area contributed by atoms with Crippen molar-refractivity contribution in [3.05, 3.63) is 0 Å². The molecule has 0 bridgehead atoms. The molecular formula is C9H18N2O6S. The van der Waals surface area contributed by atoms with Crippen LogP contribution >= 0.6 is 0 Å². The summed E-state index contributed by atoms with van der Waals surface area (Å²) in [6, 6.07) is 0. The number of hydrogen-bond donors (Lipinski definition) is 2. The van der Waals surface area contributed by atoms with Gasteiger partial charge < -0.3 is 15.2 Å². The first-order valence-corrected chi connectivity index (χ1v) is 6.82. The number of methoxy groups -OCH3 is 1. The van der Waals surface area contributed by atoms with Crippen LogP contribution in [0.3, 0.4) is 0 Å². The molecule has 1 amide bonds. The maximum atomic E-state index is 11.6. The lowest BCUT2D eigenvalue weighted by Gasteiger charge is -2.26. The number of aliphatic carboxylic acids is 1. The number of hydrogen-bond acceptors (Lipinski definition) is 5. The predicted octanol–water partition coefficient (Wildman–Crippen LogP) is -1.52. The topological polar surface area (TPSA) is 113 Å². The van der Waals surface area contributed by atoms with Crippen molar-refractivity contribution in [2.24, 2.45) is 0 Å². The molecule has 0 aliphatic carbocycles. The second-order valence-electron chi connectivity index (χ2n) is 4.14. The number of amides is 1. The largest absolute Gasteiger partial charge is 0.479 e. The van der Waals surface area contributed by atoms with Gasteiger partial charge in [-0.05, 0) is 6.92 Å². The number of rotatable bonds is 7. The molecule has 0 aliphatic heterocycles. The van der Waals surface area contributed by atoms with E-state index in [2.05, 4.69) is 5.32 Å². The van der Waals surface area contributed by atoms with E-state index in [0.29, 0.717) is 0 Å². The highest BCUT2D eigenvalue weighted by molar-refractivity contribution is 7.88. The van der Waals surface area contributed by atoms with Crippen molar-refractivity contribution in [2.75, 3.05) is 33.6 Å². The molecule has 0 fully saturated rings. The van der Waals surface area contributed by atoms with E-state index >= 15 is 0 Å². The van der Waals surface area contributed by atoms with Crippen molar-refractivity contribution in [2.45, 2.75) is 12.5 Å². The zero-order valence-corrected chi connectivity index (χ0v) is 11.6. The summed E-state index contributed by atoms with van der Waals surface area (Å²) in [4.78, 5) is 22.6. The number of carboxylic acid groups (broad SMARTS) is 1. The lowest BCUT2D eigenvalue weighted by Crippen LogP contribution is -2.57. The van der Waals surface area contributed by atoms with Crippen LogP contribution in [0.15, 0.2) is 0 Å². The summed E-state index contributed by atoms with van der Waals surface area (Å²) < 4.78 is 27.7. The van der Waals surface area contributed by atoms with Gasteiger partial charge in [0.2, 0.25) is 15.9 Å². The Morgan fingerprint density at radius 2 is 1.94 bits per heavy atom. The monoisotopic (exact) mass is 282 g/mol. The molecule has 0 heterocycles. The van der Waals surface area contributed by atoms with Crippen molar-refractivity contribution in [1.82, 2.24) is 9.62 Å². The molecule has 0 aliphatic rings. The average molecular weight is 282 g/mol. The second kappa shape index (κ2) is 6.12. The van der Waals surface area contributed by atoms with E-state index < -0.39 is 34.0 Å². The van der Waals surface area contributed by atoms with Gasteiger partial charge in [0.15, 0.2) is 5.54 Å². The van der Waals surface area contributed by atoms with Gasteiger partial charge in [0, 0.05) is 14.2 Å². The van der Waals surface area contributed by atoms with Crippen molar-refractivity contribution < 1.29 is 27.9 Å². The van der Waals surface area contributed by atoms with E-state index in [9.17, 15) is 18.0 Å². The molecule has 0 aromatic rings. The maximum absolute atomic E-state index is 11.6. The predicted molar refractivity (Wildman–Crippen MR) is 63.5 cm³/mol. The molecule has 2 N–H and O–H groups in total. The molecular weight excluding hydrogens is 264 g/mol. The molecule has 0 aromatic carbocycles. The molecule has 9 heteroatoms. The van der Waals surface area contributed by atoms with E-state index in [0.717, 1.165) is 10.6 Å². The van der Waals surface area contributed by atoms with Gasteiger partial charge in [0.25, 0.3) is 0 Å². The van der Waals surface area contributed by atoms with E-state index in [1.165, 1.54) is 21.1 Å². The maximum Gasteiger partial charge on any atom is 0.331 e. The minimum Gasteiger partial charge on any atom is -0.479 e.